The molecule has 0 amide bonds. The number of hydrogen-bond acceptors (Lipinski definition) is 4. The van der Waals surface area contributed by atoms with Crippen LogP contribution in [-0.4, -0.2) is 20.3 Å². The van der Waals surface area contributed by atoms with E-state index in [0.29, 0.717) is 12.1 Å². The van der Waals surface area contributed by atoms with Gasteiger partial charge in [-0.05, 0) is 17.2 Å². The molecule has 2 aromatic rings. The number of nitrogens with two attached hydrogens (primary N) is 1. The molecule has 0 unspecified atom stereocenters. The summed E-state index contributed by atoms with van der Waals surface area (Å²) in [6, 6.07) is 14.0. The molecule has 0 spiro atoms. The van der Waals surface area contributed by atoms with E-state index in [4.69, 9.17) is 10.2 Å². The Morgan fingerprint density at radius 1 is 1.05 bits per heavy atom. The number of nitrogens with one attached hydrogen (secondary N) is 1. The van der Waals surface area contributed by atoms with Gasteiger partial charge in [0.15, 0.2) is 0 Å². The molecule has 0 aliphatic carbocycles. The van der Waals surface area contributed by atoms with E-state index < -0.39 is 10.0 Å². The summed E-state index contributed by atoms with van der Waals surface area (Å²) in [5.74, 6) is 0. The number of primary sulfonamides is 1. The highest BCUT2D eigenvalue weighted by atomic mass is 32.2. The predicted octanol–water partition coefficient (Wildman–Crippen LogP) is 1.04. The molecule has 0 aliphatic rings. The maximum Gasteiger partial charge on any atom is 0.238 e. The molecule has 0 heterocycles. The van der Waals surface area contributed by atoms with E-state index in [9.17, 15) is 8.42 Å². The second-order valence-corrected chi connectivity index (χ2v) is 5.85. The van der Waals surface area contributed by atoms with Gasteiger partial charge in [0.1, 0.15) is 0 Å². The molecular weight excluding hydrogens is 276 g/mol. The first-order valence-corrected chi connectivity index (χ1v) is 7.60. The summed E-state index contributed by atoms with van der Waals surface area (Å²) in [5, 5.41) is 16.7. The molecule has 2 aromatic carbocycles. The summed E-state index contributed by atoms with van der Waals surface area (Å²) < 4.78 is 23.2. The fraction of sp³-hybridized carbons (Fsp3) is 0.143. The number of aliphatic hydroxyl groups excluding tert-OH is 1. The van der Waals surface area contributed by atoms with Crippen molar-refractivity contribution in [3.8, 4) is 11.1 Å². The van der Waals surface area contributed by atoms with Crippen molar-refractivity contribution in [3.05, 3.63) is 54.1 Å². The molecule has 6 heteroatoms. The van der Waals surface area contributed by atoms with Gasteiger partial charge in [0.05, 0.1) is 11.6 Å². The van der Waals surface area contributed by atoms with Crippen LogP contribution in [0.15, 0.2) is 53.4 Å². The molecule has 0 bridgehead atoms. The minimum absolute atomic E-state index is 0.0873. The lowest BCUT2D eigenvalue weighted by Gasteiger charge is -2.09. The van der Waals surface area contributed by atoms with Crippen molar-refractivity contribution < 1.29 is 13.5 Å². The van der Waals surface area contributed by atoms with Crippen molar-refractivity contribution in [2.45, 2.75) is 11.4 Å². The summed E-state index contributed by atoms with van der Waals surface area (Å²) in [5.41, 5.74) is 2.36. The van der Waals surface area contributed by atoms with Crippen LogP contribution in [0, 0.1) is 0 Å². The highest BCUT2D eigenvalue weighted by Gasteiger charge is 2.14. The summed E-state index contributed by atoms with van der Waals surface area (Å²) >= 11 is 0. The Morgan fingerprint density at radius 3 is 2.30 bits per heavy atom. The van der Waals surface area contributed by atoms with Crippen LogP contribution in [0.5, 0.6) is 0 Å². The molecule has 2 rings (SSSR count). The monoisotopic (exact) mass is 292 g/mol. The Morgan fingerprint density at radius 2 is 1.70 bits per heavy atom. The van der Waals surface area contributed by atoms with Crippen LogP contribution in [0.2, 0.25) is 0 Å². The van der Waals surface area contributed by atoms with Crippen molar-refractivity contribution in [2.75, 3.05) is 6.73 Å². The quantitative estimate of drug-likeness (QED) is 0.718. The molecule has 0 saturated heterocycles. The third-order valence-electron chi connectivity index (χ3n) is 2.90. The van der Waals surface area contributed by atoms with E-state index >= 15 is 0 Å². The summed E-state index contributed by atoms with van der Waals surface area (Å²) in [6.07, 6.45) is 0. The third kappa shape index (κ3) is 3.43. The van der Waals surface area contributed by atoms with Crippen molar-refractivity contribution in [1.82, 2.24) is 5.32 Å². The van der Waals surface area contributed by atoms with Gasteiger partial charge < -0.3 is 5.11 Å². The van der Waals surface area contributed by atoms with Crippen LogP contribution >= 0.6 is 0 Å². The number of hydrogen-bond donors (Lipinski definition) is 3. The fourth-order valence-corrected chi connectivity index (χ4v) is 2.72. The van der Waals surface area contributed by atoms with Crippen LogP contribution in [0.1, 0.15) is 5.56 Å². The second kappa shape index (κ2) is 6.15. The van der Waals surface area contributed by atoms with E-state index in [1.165, 1.54) is 6.07 Å². The van der Waals surface area contributed by atoms with E-state index in [0.717, 1.165) is 11.1 Å². The van der Waals surface area contributed by atoms with Gasteiger partial charge in [-0.3, -0.25) is 5.32 Å². The van der Waals surface area contributed by atoms with Crippen LogP contribution in [0.3, 0.4) is 0 Å². The van der Waals surface area contributed by atoms with Crippen molar-refractivity contribution in [2.24, 2.45) is 5.14 Å². The largest absolute Gasteiger partial charge is 0.381 e. The topological polar surface area (TPSA) is 92.4 Å². The first kappa shape index (κ1) is 14.7. The number of benzene rings is 2. The van der Waals surface area contributed by atoms with Gasteiger partial charge in [0, 0.05) is 12.1 Å². The zero-order valence-corrected chi connectivity index (χ0v) is 11.6. The number of rotatable bonds is 5. The molecule has 20 heavy (non-hydrogen) atoms. The van der Waals surface area contributed by atoms with Crippen LogP contribution in [-0.2, 0) is 16.6 Å². The minimum Gasteiger partial charge on any atom is -0.381 e. The molecule has 0 atom stereocenters. The van der Waals surface area contributed by atoms with Gasteiger partial charge in [-0.1, -0.05) is 42.5 Å². The highest BCUT2D eigenvalue weighted by molar-refractivity contribution is 7.89. The van der Waals surface area contributed by atoms with Gasteiger partial charge in [-0.25, -0.2) is 13.6 Å². The standard InChI is InChI=1S/C14H16N2O3S/c15-20(18,19)14-4-2-1-3-13(14)12-7-5-11(6-8-12)9-16-10-17/h1-8,16-17H,9-10H2,(H2,15,18,19). The van der Waals surface area contributed by atoms with Gasteiger partial charge in [-0.2, -0.15) is 0 Å². The van der Waals surface area contributed by atoms with Gasteiger partial charge in [-0.15, -0.1) is 0 Å². The van der Waals surface area contributed by atoms with Gasteiger partial charge >= 0.3 is 0 Å². The van der Waals surface area contributed by atoms with Crippen LogP contribution in [0.4, 0.5) is 0 Å². The molecule has 0 fully saturated rings. The molecular formula is C14H16N2O3S. The van der Waals surface area contributed by atoms with E-state index in [1.807, 2.05) is 24.3 Å². The molecule has 106 valence electrons. The zero-order chi connectivity index (χ0) is 14.6. The number of aliphatic hydroxyl groups is 1. The summed E-state index contributed by atoms with van der Waals surface area (Å²) in [6.45, 7) is 0.462. The summed E-state index contributed by atoms with van der Waals surface area (Å²) in [7, 11) is -3.75. The number of sulfonamides is 1. The summed E-state index contributed by atoms with van der Waals surface area (Å²) in [4.78, 5) is 0.112. The highest BCUT2D eigenvalue weighted by Crippen LogP contribution is 2.26. The van der Waals surface area contributed by atoms with Gasteiger partial charge in [0.2, 0.25) is 10.0 Å². The molecule has 0 aliphatic heterocycles. The van der Waals surface area contributed by atoms with Crippen molar-refractivity contribution >= 4 is 10.0 Å². The lowest BCUT2D eigenvalue weighted by molar-refractivity contribution is 0.259. The second-order valence-electron chi connectivity index (χ2n) is 4.32. The predicted molar refractivity (Wildman–Crippen MR) is 77.2 cm³/mol. The molecule has 0 aromatic heterocycles. The van der Waals surface area contributed by atoms with E-state index in [-0.39, 0.29) is 11.6 Å². The van der Waals surface area contributed by atoms with Crippen LogP contribution in [0.25, 0.3) is 11.1 Å². The maximum absolute atomic E-state index is 11.6. The zero-order valence-electron chi connectivity index (χ0n) is 10.8. The van der Waals surface area contributed by atoms with E-state index in [2.05, 4.69) is 5.32 Å². The average Bonchev–Trinajstić information content (AvgIpc) is 2.45. The Labute approximate surface area is 118 Å². The fourth-order valence-electron chi connectivity index (χ4n) is 1.96. The van der Waals surface area contributed by atoms with Gasteiger partial charge in [0.25, 0.3) is 0 Å². The maximum atomic E-state index is 11.6. The molecule has 0 saturated carbocycles. The smallest absolute Gasteiger partial charge is 0.238 e. The SMILES string of the molecule is NS(=O)(=O)c1ccccc1-c1ccc(CNCO)cc1. The third-order valence-corrected chi connectivity index (χ3v) is 3.87. The Balaban J connectivity index is 2.38. The molecule has 5 nitrogen and oxygen atoms in total. The Hall–Kier alpha value is -1.73. The molecule has 0 radical (unpaired) electrons. The lowest BCUT2D eigenvalue weighted by Crippen LogP contribution is -2.14. The Bertz CT molecular complexity index is 682. The van der Waals surface area contributed by atoms with E-state index in [1.54, 1.807) is 18.2 Å². The first-order valence-electron chi connectivity index (χ1n) is 6.05. The Kier molecular flexibility index (Phi) is 4.51. The normalized spacial score (nSPS) is 11.5. The minimum atomic E-state index is -3.75. The molecule has 4 N–H and O–H groups in total. The first-order chi connectivity index (χ1) is 9.52. The van der Waals surface area contributed by atoms with Crippen molar-refractivity contribution in [1.29, 1.82) is 0 Å². The van der Waals surface area contributed by atoms with Crippen LogP contribution < -0.4 is 10.5 Å². The lowest BCUT2D eigenvalue weighted by atomic mass is 10.0. The average molecular weight is 292 g/mol. The van der Waals surface area contributed by atoms with Crippen molar-refractivity contribution in [3.63, 3.8) is 0 Å².